The second kappa shape index (κ2) is 9.00. The van der Waals surface area contributed by atoms with Gasteiger partial charge < -0.3 is 10.1 Å². The van der Waals surface area contributed by atoms with Crippen LogP contribution in [0.15, 0.2) is 65.2 Å². The number of hydrogen-bond acceptors (Lipinski definition) is 6. The first-order valence-electron chi connectivity index (χ1n) is 9.40. The molecule has 0 unspecified atom stereocenters. The number of nitrogens with one attached hydrogen (secondary N) is 1. The molecular formula is C23H22N2O4S. The molecule has 2 aromatic rings. The molecule has 0 saturated heterocycles. The van der Waals surface area contributed by atoms with Crippen LogP contribution in [0, 0.1) is 24.0 Å². The molecule has 1 aliphatic heterocycles. The number of rotatable bonds is 7. The van der Waals surface area contributed by atoms with Crippen molar-refractivity contribution in [2.24, 2.45) is 0 Å². The number of nitro benzene ring substituents is 1. The second-order valence-electron chi connectivity index (χ2n) is 6.83. The Labute approximate surface area is 179 Å². The minimum atomic E-state index is -0.421. The molecule has 0 aromatic heterocycles. The van der Waals surface area contributed by atoms with E-state index in [-0.39, 0.29) is 11.5 Å². The van der Waals surface area contributed by atoms with E-state index in [9.17, 15) is 14.9 Å². The standard InChI is InChI=1S/C23H22N2O4S/c1-5-14(2)23(26)19-10-11-21(16(4)15(19)3)29-12-22-24-20(13-30-22)17-6-8-18(9-7-17)25(27)28/h6-13,24H,2,5H2,1,3-4H3. The van der Waals surface area contributed by atoms with Gasteiger partial charge in [-0.25, -0.2) is 0 Å². The van der Waals surface area contributed by atoms with Gasteiger partial charge in [0.2, 0.25) is 0 Å². The Bertz CT molecular complexity index is 1090. The molecule has 0 spiro atoms. The number of ketones is 1. The highest BCUT2D eigenvalue weighted by molar-refractivity contribution is 8.06. The average Bonchev–Trinajstić information content (AvgIpc) is 3.23. The predicted molar refractivity (Wildman–Crippen MR) is 120 cm³/mol. The summed E-state index contributed by atoms with van der Waals surface area (Å²) in [5.41, 5.74) is 4.76. The first-order valence-corrected chi connectivity index (χ1v) is 10.3. The van der Waals surface area contributed by atoms with E-state index in [0.29, 0.717) is 23.3 Å². The second-order valence-corrected chi connectivity index (χ2v) is 7.74. The first-order chi connectivity index (χ1) is 14.3. The lowest BCUT2D eigenvalue weighted by Gasteiger charge is -2.13. The minimum Gasteiger partial charge on any atom is -0.462 e. The number of nitro groups is 1. The van der Waals surface area contributed by atoms with E-state index in [0.717, 1.165) is 27.4 Å². The van der Waals surface area contributed by atoms with Crippen molar-refractivity contribution in [1.82, 2.24) is 5.32 Å². The smallest absolute Gasteiger partial charge is 0.269 e. The third-order valence-corrected chi connectivity index (χ3v) is 5.78. The van der Waals surface area contributed by atoms with Gasteiger partial charge in [0.05, 0.1) is 10.6 Å². The molecule has 0 amide bonds. The van der Waals surface area contributed by atoms with E-state index in [1.54, 1.807) is 30.5 Å². The molecule has 3 rings (SSSR count). The summed E-state index contributed by atoms with van der Waals surface area (Å²) in [5, 5.41) is 16.7. The number of hydrogen-bond donors (Lipinski definition) is 1. The van der Waals surface area contributed by atoms with Gasteiger partial charge in [-0.05, 0) is 66.8 Å². The molecule has 1 N–H and O–H groups in total. The molecule has 0 radical (unpaired) electrons. The number of nitrogens with zero attached hydrogens (tertiary/aromatic N) is 1. The number of benzene rings is 2. The Morgan fingerprint density at radius 3 is 2.53 bits per heavy atom. The topological polar surface area (TPSA) is 81.5 Å². The monoisotopic (exact) mass is 422 g/mol. The predicted octanol–water partition coefficient (Wildman–Crippen LogP) is 5.87. The maximum atomic E-state index is 12.4. The molecule has 6 nitrogen and oxygen atoms in total. The third-order valence-electron chi connectivity index (χ3n) is 4.97. The molecule has 1 aliphatic rings. The summed E-state index contributed by atoms with van der Waals surface area (Å²) in [6, 6.07) is 9.92. The number of carbonyl (C=O) groups excluding carboxylic acids is 1. The summed E-state index contributed by atoms with van der Waals surface area (Å²) in [4.78, 5) is 22.8. The van der Waals surface area contributed by atoms with Gasteiger partial charge in [-0.2, -0.15) is 0 Å². The van der Waals surface area contributed by atoms with Gasteiger partial charge in [0.1, 0.15) is 17.0 Å². The van der Waals surface area contributed by atoms with Crippen molar-refractivity contribution in [3.63, 3.8) is 0 Å². The van der Waals surface area contributed by atoms with Crippen LogP contribution in [0.1, 0.15) is 40.4 Å². The molecule has 1 heterocycles. The normalized spacial score (nSPS) is 14.2. The van der Waals surface area contributed by atoms with Crippen molar-refractivity contribution >= 4 is 28.9 Å². The van der Waals surface area contributed by atoms with Crippen molar-refractivity contribution < 1.29 is 14.5 Å². The van der Waals surface area contributed by atoms with Gasteiger partial charge in [0.15, 0.2) is 5.78 Å². The van der Waals surface area contributed by atoms with Crippen LogP contribution >= 0.6 is 11.8 Å². The molecule has 0 aliphatic carbocycles. The molecule has 30 heavy (non-hydrogen) atoms. The fourth-order valence-corrected chi connectivity index (χ4v) is 3.62. The van der Waals surface area contributed by atoms with Crippen molar-refractivity contribution in [2.45, 2.75) is 27.2 Å². The molecule has 0 atom stereocenters. The number of Topliss-reactive ketones (excluding diaryl/α,β-unsaturated/α-hetero) is 1. The Kier molecular flexibility index (Phi) is 6.42. The van der Waals surface area contributed by atoms with Gasteiger partial charge >= 0.3 is 0 Å². The summed E-state index contributed by atoms with van der Waals surface area (Å²) in [6.07, 6.45) is 2.24. The number of ether oxygens (including phenoxy) is 1. The Morgan fingerprint density at radius 1 is 1.20 bits per heavy atom. The van der Waals surface area contributed by atoms with Crippen LogP contribution in [0.5, 0.6) is 5.75 Å². The summed E-state index contributed by atoms with van der Waals surface area (Å²) in [6.45, 7) is 9.58. The summed E-state index contributed by atoms with van der Waals surface area (Å²) in [5.74, 6) is 0.637. The van der Waals surface area contributed by atoms with Crippen LogP contribution < -0.4 is 10.1 Å². The number of carbonyl (C=O) groups is 1. The molecular weight excluding hydrogens is 400 g/mol. The van der Waals surface area contributed by atoms with Gasteiger partial charge in [-0.15, -0.1) is 0 Å². The minimum absolute atomic E-state index is 0.0343. The van der Waals surface area contributed by atoms with Gasteiger partial charge in [0, 0.05) is 23.1 Å². The SMILES string of the molecule is C=C(CC)C(=O)c1ccc(OC=C2NC(c3ccc([N+](=O)[O-])cc3)=CS2)c(C)c1C. The molecule has 0 fully saturated rings. The lowest BCUT2D eigenvalue weighted by atomic mass is 9.95. The Balaban J connectivity index is 1.70. The van der Waals surface area contributed by atoms with Crippen molar-refractivity contribution in [2.75, 3.05) is 0 Å². The van der Waals surface area contributed by atoms with Gasteiger partial charge in [-0.1, -0.05) is 25.3 Å². The van der Waals surface area contributed by atoms with E-state index >= 15 is 0 Å². The van der Waals surface area contributed by atoms with Crippen LogP contribution in [0.4, 0.5) is 5.69 Å². The van der Waals surface area contributed by atoms with Crippen LogP contribution in [-0.4, -0.2) is 10.7 Å². The molecule has 7 heteroatoms. The maximum absolute atomic E-state index is 12.4. The number of allylic oxidation sites excluding steroid dienone is 1. The van der Waals surface area contributed by atoms with Crippen molar-refractivity contribution in [3.8, 4) is 5.75 Å². The fourth-order valence-electron chi connectivity index (χ4n) is 2.91. The zero-order valence-corrected chi connectivity index (χ0v) is 17.8. The van der Waals surface area contributed by atoms with Crippen molar-refractivity contribution in [3.05, 3.63) is 97.6 Å². The van der Waals surface area contributed by atoms with Crippen LogP contribution in [-0.2, 0) is 0 Å². The van der Waals surface area contributed by atoms with Crippen LogP contribution in [0.2, 0.25) is 0 Å². The summed E-state index contributed by atoms with van der Waals surface area (Å²) >= 11 is 1.46. The fraction of sp³-hybridized carbons (Fsp3) is 0.174. The zero-order chi connectivity index (χ0) is 21.8. The van der Waals surface area contributed by atoms with E-state index in [1.165, 1.54) is 23.9 Å². The van der Waals surface area contributed by atoms with Gasteiger partial charge in [0.25, 0.3) is 5.69 Å². The maximum Gasteiger partial charge on any atom is 0.269 e. The molecule has 0 bridgehead atoms. The van der Waals surface area contributed by atoms with E-state index in [2.05, 4.69) is 11.9 Å². The zero-order valence-electron chi connectivity index (χ0n) is 17.0. The first kappa shape index (κ1) is 21.4. The lowest BCUT2D eigenvalue weighted by Crippen LogP contribution is -2.07. The van der Waals surface area contributed by atoms with Gasteiger partial charge in [-0.3, -0.25) is 14.9 Å². The van der Waals surface area contributed by atoms with Crippen molar-refractivity contribution in [1.29, 1.82) is 0 Å². The average molecular weight is 423 g/mol. The quantitative estimate of drug-likeness (QED) is 0.197. The number of non-ortho nitro benzene ring substituents is 1. The molecule has 0 saturated carbocycles. The van der Waals surface area contributed by atoms with E-state index < -0.39 is 4.92 Å². The van der Waals surface area contributed by atoms with Crippen LogP contribution in [0.25, 0.3) is 5.70 Å². The van der Waals surface area contributed by atoms with E-state index in [4.69, 9.17) is 4.74 Å². The summed E-state index contributed by atoms with van der Waals surface area (Å²) < 4.78 is 5.86. The molecule has 2 aromatic carbocycles. The highest BCUT2D eigenvalue weighted by atomic mass is 32.2. The number of thioether (sulfide) groups is 1. The highest BCUT2D eigenvalue weighted by Crippen LogP contribution is 2.32. The highest BCUT2D eigenvalue weighted by Gasteiger charge is 2.17. The summed E-state index contributed by atoms with van der Waals surface area (Å²) in [7, 11) is 0. The Morgan fingerprint density at radius 2 is 1.90 bits per heavy atom. The van der Waals surface area contributed by atoms with Crippen LogP contribution in [0.3, 0.4) is 0 Å². The van der Waals surface area contributed by atoms with E-state index in [1.807, 2.05) is 26.2 Å². The largest absolute Gasteiger partial charge is 0.462 e. The molecule has 154 valence electrons. The lowest BCUT2D eigenvalue weighted by molar-refractivity contribution is -0.384. The Hall–Kier alpha value is -3.32. The third kappa shape index (κ3) is 4.46.